The minimum atomic E-state index is -5.21. The van der Waals surface area contributed by atoms with Gasteiger partial charge in [-0.05, 0) is 19.1 Å². The van der Waals surface area contributed by atoms with Crippen molar-refractivity contribution in [3.63, 3.8) is 0 Å². The monoisotopic (exact) mass is 374 g/mol. The molecule has 0 aliphatic carbocycles. The zero-order valence-corrected chi connectivity index (χ0v) is 13.9. The minimum absolute atomic E-state index is 0.155. The van der Waals surface area contributed by atoms with Crippen molar-refractivity contribution in [1.29, 1.82) is 0 Å². The van der Waals surface area contributed by atoms with Crippen molar-refractivity contribution in [1.82, 2.24) is 15.3 Å². The zero-order valence-electron chi connectivity index (χ0n) is 13.0. The van der Waals surface area contributed by atoms with E-state index < -0.39 is 23.7 Å². The van der Waals surface area contributed by atoms with Crippen LogP contribution in [0.2, 0.25) is 0 Å². The quantitative estimate of drug-likeness (QED) is 0.615. The van der Waals surface area contributed by atoms with Crippen LogP contribution in [-0.4, -0.2) is 40.8 Å². The number of aryl methyl sites for hydroxylation is 1. The topological polar surface area (TPSA) is 93.2 Å². The Morgan fingerprint density at radius 2 is 2.04 bits per heavy atom. The molecule has 0 aromatic carbocycles. The summed E-state index contributed by atoms with van der Waals surface area (Å²) in [6.45, 7) is 1.57. The van der Waals surface area contributed by atoms with Gasteiger partial charge in [0.25, 0.3) is 5.91 Å². The smallest absolute Gasteiger partial charge is 0.442 e. The summed E-state index contributed by atoms with van der Waals surface area (Å²) < 4.78 is 45.6. The number of nitrogens with zero attached hydrogens (tertiary/aromatic N) is 2. The van der Waals surface area contributed by atoms with E-state index >= 15 is 0 Å². The molecule has 0 saturated heterocycles. The molecule has 1 atom stereocenters. The maximum Gasteiger partial charge on any atom is 0.442 e. The lowest BCUT2D eigenvalue weighted by Crippen LogP contribution is -2.69. The Labute approximate surface area is 144 Å². The number of carbonyl (C=O) groups excluding carboxylic acids is 2. The molecule has 0 saturated carbocycles. The first-order valence-corrected chi connectivity index (χ1v) is 7.65. The fraction of sp³-hybridized carbons (Fsp3) is 0.286. The number of nitrogens with one attached hydrogen (secondary N) is 2. The van der Waals surface area contributed by atoms with Gasteiger partial charge in [-0.3, -0.25) is 9.78 Å². The molecule has 25 heavy (non-hydrogen) atoms. The summed E-state index contributed by atoms with van der Waals surface area (Å²) in [5.41, 5.74) is -3.21. The number of amides is 1. The lowest BCUT2D eigenvalue weighted by atomic mass is 10.1. The van der Waals surface area contributed by atoms with Crippen molar-refractivity contribution >= 4 is 28.3 Å². The van der Waals surface area contributed by atoms with Crippen LogP contribution >= 0.6 is 11.3 Å². The second-order valence-corrected chi connectivity index (χ2v) is 5.71. The molecule has 0 radical (unpaired) electrons. The van der Waals surface area contributed by atoms with Gasteiger partial charge in [-0.2, -0.15) is 13.2 Å². The summed E-state index contributed by atoms with van der Waals surface area (Å²) in [4.78, 5) is 31.7. The van der Waals surface area contributed by atoms with E-state index in [1.54, 1.807) is 12.2 Å². The third-order valence-corrected chi connectivity index (χ3v) is 3.93. The van der Waals surface area contributed by atoms with Crippen molar-refractivity contribution in [3.05, 3.63) is 41.2 Å². The summed E-state index contributed by atoms with van der Waals surface area (Å²) in [5, 5.41) is 4.92. The van der Waals surface area contributed by atoms with Gasteiger partial charge in [0.05, 0.1) is 18.4 Å². The maximum absolute atomic E-state index is 13.8. The molecule has 2 aromatic heterocycles. The zero-order chi connectivity index (χ0) is 18.7. The standard InChI is InChI=1S/C14H13F3N4O3S/c1-8-7-25-12(19-8)21-13(11(23)24-2,14(15,16)17)20-10(22)9-4-3-5-18-6-9/h3-7H,1-2H3,(H,19,21)(H,20,22). The van der Waals surface area contributed by atoms with Crippen LogP contribution in [0.5, 0.6) is 0 Å². The van der Waals surface area contributed by atoms with E-state index in [9.17, 15) is 22.8 Å². The molecule has 134 valence electrons. The molecular weight excluding hydrogens is 361 g/mol. The van der Waals surface area contributed by atoms with E-state index in [1.165, 1.54) is 23.7 Å². The van der Waals surface area contributed by atoms with Gasteiger partial charge >= 0.3 is 17.8 Å². The average Bonchev–Trinajstić information content (AvgIpc) is 2.98. The third-order valence-electron chi connectivity index (χ3n) is 3.05. The van der Waals surface area contributed by atoms with Gasteiger partial charge in [0.1, 0.15) is 0 Å². The van der Waals surface area contributed by atoms with Crippen molar-refractivity contribution in [2.75, 3.05) is 12.4 Å². The number of carbonyl (C=O) groups is 2. The largest absolute Gasteiger partial charge is 0.466 e. The van der Waals surface area contributed by atoms with Crippen molar-refractivity contribution in [2.45, 2.75) is 18.8 Å². The first kappa shape index (κ1) is 18.6. The molecule has 0 bridgehead atoms. The highest BCUT2D eigenvalue weighted by atomic mass is 32.1. The van der Waals surface area contributed by atoms with Crippen molar-refractivity contribution in [2.24, 2.45) is 0 Å². The number of pyridine rings is 1. The van der Waals surface area contributed by atoms with E-state index in [0.29, 0.717) is 5.69 Å². The van der Waals surface area contributed by atoms with Crippen molar-refractivity contribution < 1.29 is 27.5 Å². The summed E-state index contributed by atoms with van der Waals surface area (Å²) in [6, 6.07) is 2.63. The van der Waals surface area contributed by atoms with Gasteiger partial charge in [0.15, 0.2) is 5.13 Å². The molecule has 0 spiro atoms. The van der Waals surface area contributed by atoms with Crippen LogP contribution in [0.15, 0.2) is 29.9 Å². The van der Waals surface area contributed by atoms with Crippen LogP contribution in [0, 0.1) is 6.92 Å². The lowest BCUT2D eigenvalue weighted by Gasteiger charge is -2.34. The number of halogens is 3. The maximum atomic E-state index is 13.8. The summed E-state index contributed by atoms with van der Waals surface area (Å²) >= 11 is 0.850. The second kappa shape index (κ2) is 7.05. The highest BCUT2D eigenvalue weighted by molar-refractivity contribution is 7.13. The van der Waals surface area contributed by atoms with E-state index in [4.69, 9.17) is 0 Å². The number of ether oxygens (including phenoxy) is 1. The number of rotatable bonds is 5. The predicted molar refractivity (Wildman–Crippen MR) is 83.0 cm³/mol. The second-order valence-electron chi connectivity index (χ2n) is 4.85. The number of esters is 1. The molecule has 2 heterocycles. The number of thiazole rings is 1. The Balaban J connectivity index is 2.46. The molecule has 2 N–H and O–H groups in total. The van der Waals surface area contributed by atoms with Crippen LogP contribution in [0.4, 0.5) is 18.3 Å². The first-order valence-electron chi connectivity index (χ1n) is 6.77. The molecule has 1 unspecified atom stereocenters. The van der Waals surface area contributed by atoms with Crippen LogP contribution in [0.1, 0.15) is 16.1 Å². The SMILES string of the molecule is COC(=O)C(NC(=O)c1cccnc1)(Nc1nc(C)cs1)C(F)(F)F. The number of hydrogen-bond acceptors (Lipinski definition) is 7. The molecule has 0 aliphatic heterocycles. The van der Waals surface area contributed by atoms with Crippen LogP contribution in [0.25, 0.3) is 0 Å². The fourth-order valence-electron chi connectivity index (χ4n) is 1.86. The van der Waals surface area contributed by atoms with E-state index in [-0.39, 0.29) is 10.7 Å². The average molecular weight is 374 g/mol. The Morgan fingerprint density at radius 3 is 2.52 bits per heavy atom. The minimum Gasteiger partial charge on any atom is -0.466 e. The Morgan fingerprint density at radius 1 is 1.32 bits per heavy atom. The highest BCUT2D eigenvalue weighted by Gasteiger charge is 2.64. The predicted octanol–water partition coefficient (Wildman–Crippen LogP) is 2.12. The Bertz CT molecular complexity index is 766. The molecule has 1 amide bonds. The highest BCUT2D eigenvalue weighted by Crippen LogP contribution is 2.34. The fourth-order valence-corrected chi connectivity index (χ4v) is 2.60. The van der Waals surface area contributed by atoms with Gasteiger partial charge < -0.3 is 15.4 Å². The number of hydrogen-bond donors (Lipinski definition) is 2. The molecule has 11 heteroatoms. The molecule has 7 nitrogen and oxygen atoms in total. The van der Waals surface area contributed by atoms with Gasteiger partial charge in [0, 0.05) is 17.8 Å². The first-order chi connectivity index (χ1) is 11.7. The Kier molecular flexibility index (Phi) is 5.26. The molecule has 2 rings (SSSR count). The molecule has 0 aliphatic rings. The Hall–Kier alpha value is -2.69. The normalized spacial score (nSPS) is 13.6. The van der Waals surface area contributed by atoms with Crippen molar-refractivity contribution in [3.8, 4) is 0 Å². The summed E-state index contributed by atoms with van der Waals surface area (Å²) in [6.07, 6.45) is -2.79. The van der Waals surface area contributed by atoms with Crippen LogP contribution < -0.4 is 10.6 Å². The van der Waals surface area contributed by atoms with Crippen LogP contribution in [-0.2, 0) is 9.53 Å². The van der Waals surface area contributed by atoms with Gasteiger partial charge in [-0.1, -0.05) is 0 Å². The van der Waals surface area contributed by atoms with Gasteiger partial charge in [-0.25, -0.2) is 9.78 Å². The van der Waals surface area contributed by atoms with E-state index in [0.717, 1.165) is 24.6 Å². The molecule has 0 fully saturated rings. The summed E-state index contributed by atoms with van der Waals surface area (Å²) in [5.74, 6) is -2.89. The lowest BCUT2D eigenvalue weighted by molar-refractivity contribution is -0.203. The summed E-state index contributed by atoms with van der Waals surface area (Å²) in [7, 11) is 0.786. The molecule has 2 aromatic rings. The third kappa shape index (κ3) is 3.87. The van der Waals surface area contributed by atoms with Crippen LogP contribution in [0.3, 0.4) is 0 Å². The number of aromatic nitrogens is 2. The van der Waals surface area contributed by atoms with Gasteiger partial charge in [0.2, 0.25) is 0 Å². The number of alkyl halides is 3. The van der Waals surface area contributed by atoms with Gasteiger partial charge in [-0.15, -0.1) is 11.3 Å². The number of anilines is 1. The number of methoxy groups -OCH3 is 1. The van der Waals surface area contributed by atoms with E-state index in [1.807, 2.05) is 5.32 Å². The van der Waals surface area contributed by atoms with E-state index in [2.05, 4.69) is 14.7 Å². The molecular formula is C14H13F3N4O3S.